The summed E-state index contributed by atoms with van der Waals surface area (Å²) in [5, 5.41) is 0. The lowest BCUT2D eigenvalue weighted by Crippen LogP contribution is -2.32. The van der Waals surface area contributed by atoms with Gasteiger partial charge in [-0.3, -0.25) is 0 Å². The monoisotopic (exact) mass is 278 g/mol. The molecule has 0 atom stereocenters. The van der Waals surface area contributed by atoms with Gasteiger partial charge in [0, 0.05) is 13.6 Å². The van der Waals surface area contributed by atoms with E-state index in [1.54, 1.807) is 24.3 Å². The molecule has 102 valence electrons. The SMILES string of the molecule is CN(CC(F)F)S(=O)(=O)Cc1cccc(CN)c1. The molecule has 0 amide bonds. The van der Waals surface area contributed by atoms with Crippen LogP contribution in [0, 0.1) is 0 Å². The van der Waals surface area contributed by atoms with E-state index in [9.17, 15) is 17.2 Å². The van der Waals surface area contributed by atoms with Crippen LogP contribution in [0.4, 0.5) is 8.78 Å². The fraction of sp³-hybridized carbons (Fsp3) is 0.455. The third kappa shape index (κ3) is 4.32. The summed E-state index contributed by atoms with van der Waals surface area (Å²) in [5.74, 6) is -0.302. The van der Waals surface area contributed by atoms with Gasteiger partial charge in [0.1, 0.15) is 0 Å². The zero-order valence-corrected chi connectivity index (χ0v) is 10.8. The van der Waals surface area contributed by atoms with E-state index in [2.05, 4.69) is 0 Å². The molecule has 4 nitrogen and oxygen atoms in total. The van der Waals surface area contributed by atoms with Crippen LogP contribution in [0.15, 0.2) is 24.3 Å². The van der Waals surface area contributed by atoms with Crippen LogP contribution in [0.3, 0.4) is 0 Å². The van der Waals surface area contributed by atoms with Gasteiger partial charge in [0.05, 0.1) is 12.3 Å². The van der Waals surface area contributed by atoms with Crippen LogP contribution in [-0.4, -0.2) is 32.7 Å². The summed E-state index contributed by atoms with van der Waals surface area (Å²) in [6, 6.07) is 6.76. The Bertz CT molecular complexity index is 492. The molecule has 0 unspecified atom stereocenters. The van der Waals surface area contributed by atoms with Crippen LogP contribution >= 0.6 is 0 Å². The highest BCUT2D eigenvalue weighted by Crippen LogP contribution is 2.12. The van der Waals surface area contributed by atoms with Gasteiger partial charge in [0.25, 0.3) is 6.43 Å². The van der Waals surface area contributed by atoms with E-state index in [0.29, 0.717) is 16.4 Å². The number of nitrogens with zero attached hydrogens (tertiary/aromatic N) is 1. The molecule has 0 aliphatic rings. The molecule has 1 aromatic rings. The molecule has 0 fully saturated rings. The number of nitrogens with two attached hydrogens (primary N) is 1. The van der Waals surface area contributed by atoms with Crippen LogP contribution in [0.25, 0.3) is 0 Å². The molecule has 0 saturated heterocycles. The molecule has 0 aromatic heterocycles. The minimum atomic E-state index is -3.72. The van der Waals surface area contributed by atoms with Crippen molar-refractivity contribution >= 4 is 10.0 Å². The highest BCUT2D eigenvalue weighted by atomic mass is 32.2. The molecule has 0 bridgehead atoms. The van der Waals surface area contributed by atoms with Crippen molar-refractivity contribution in [2.45, 2.75) is 18.7 Å². The maximum Gasteiger partial charge on any atom is 0.252 e. The van der Waals surface area contributed by atoms with Crippen LogP contribution in [0.2, 0.25) is 0 Å². The Morgan fingerprint density at radius 2 is 1.94 bits per heavy atom. The third-order valence-electron chi connectivity index (χ3n) is 2.45. The first kappa shape index (κ1) is 15.0. The lowest BCUT2D eigenvalue weighted by Gasteiger charge is -2.16. The van der Waals surface area contributed by atoms with Crippen LogP contribution in [0.1, 0.15) is 11.1 Å². The average Bonchev–Trinajstić information content (AvgIpc) is 2.27. The van der Waals surface area contributed by atoms with Gasteiger partial charge in [-0.2, -0.15) is 4.31 Å². The number of alkyl halides is 2. The average molecular weight is 278 g/mol. The van der Waals surface area contributed by atoms with E-state index in [0.717, 1.165) is 12.6 Å². The van der Waals surface area contributed by atoms with Crippen molar-refractivity contribution in [3.05, 3.63) is 35.4 Å². The zero-order valence-electron chi connectivity index (χ0n) is 10.0. The van der Waals surface area contributed by atoms with Crippen molar-refractivity contribution < 1.29 is 17.2 Å². The highest BCUT2D eigenvalue weighted by Gasteiger charge is 2.21. The van der Waals surface area contributed by atoms with E-state index in [1.165, 1.54) is 0 Å². The van der Waals surface area contributed by atoms with Crippen LogP contribution < -0.4 is 5.73 Å². The summed E-state index contributed by atoms with van der Waals surface area (Å²) in [4.78, 5) is 0. The van der Waals surface area contributed by atoms with Crippen molar-refractivity contribution in [1.82, 2.24) is 4.31 Å². The fourth-order valence-corrected chi connectivity index (χ4v) is 2.64. The molecule has 0 aliphatic heterocycles. The topological polar surface area (TPSA) is 63.4 Å². The Morgan fingerprint density at radius 3 is 2.50 bits per heavy atom. The maximum atomic E-state index is 12.2. The maximum absolute atomic E-state index is 12.2. The standard InChI is InChI=1S/C11H16F2N2O2S/c1-15(7-11(12)13)18(16,17)8-10-4-2-3-9(5-10)6-14/h2-5,11H,6-8,14H2,1H3. The van der Waals surface area contributed by atoms with Gasteiger partial charge in [-0.25, -0.2) is 17.2 Å². The summed E-state index contributed by atoms with van der Waals surface area (Å²) >= 11 is 0. The molecular formula is C11H16F2N2O2S. The van der Waals surface area contributed by atoms with Crippen LogP contribution in [0.5, 0.6) is 0 Å². The van der Waals surface area contributed by atoms with E-state index in [-0.39, 0.29) is 5.75 Å². The van der Waals surface area contributed by atoms with Gasteiger partial charge < -0.3 is 5.73 Å². The number of benzene rings is 1. The smallest absolute Gasteiger partial charge is 0.252 e. The number of hydrogen-bond donors (Lipinski definition) is 1. The van der Waals surface area contributed by atoms with E-state index in [4.69, 9.17) is 5.73 Å². The molecule has 0 spiro atoms. The molecule has 0 aliphatic carbocycles. The molecule has 1 rings (SSSR count). The first-order valence-electron chi connectivity index (χ1n) is 5.35. The van der Waals surface area contributed by atoms with Gasteiger partial charge in [0.15, 0.2) is 0 Å². The lowest BCUT2D eigenvalue weighted by atomic mass is 10.1. The van der Waals surface area contributed by atoms with Gasteiger partial charge in [-0.05, 0) is 11.1 Å². The molecular weight excluding hydrogens is 262 g/mol. The summed E-state index contributed by atoms with van der Waals surface area (Å²) in [6.45, 7) is -0.486. The second kappa shape index (κ2) is 6.21. The molecule has 2 N–H and O–H groups in total. The summed E-state index contributed by atoms with van der Waals surface area (Å²) < 4.78 is 48.6. The van der Waals surface area contributed by atoms with Crippen molar-refractivity contribution in [3.8, 4) is 0 Å². The quantitative estimate of drug-likeness (QED) is 0.849. The first-order chi connectivity index (χ1) is 8.35. The van der Waals surface area contributed by atoms with Crippen molar-refractivity contribution in [2.24, 2.45) is 5.73 Å². The molecule has 1 aromatic carbocycles. The number of sulfonamides is 1. The third-order valence-corrected chi connectivity index (χ3v) is 4.24. The fourth-order valence-electron chi connectivity index (χ4n) is 1.48. The first-order valence-corrected chi connectivity index (χ1v) is 6.96. The van der Waals surface area contributed by atoms with Crippen molar-refractivity contribution in [2.75, 3.05) is 13.6 Å². The van der Waals surface area contributed by atoms with Gasteiger partial charge in [-0.1, -0.05) is 24.3 Å². The highest BCUT2D eigenvalue weighted by molar-refractivity contribution is 7.88. The van der Waals surface area contributed by atoms with E-state index in [1.807, 2.05) is 0 Å². The Balaban J connectivity index is 2.81. The largest absolute Gasteiger partial charge is 0.326 e. The van der Waals surface area contributed by atoms with Crippen molar-refractivity contribution in [3.63, 3.8) is 0 Å². The Hall–Kier alpha value is -1.05. The summed E-state index contributed by atoms with van der Waals surface area (Å²) in [7, 11) is -2.57. The lowest BCUT2D eigenvalue weighted by molar-refractivity contribution is 0.126. The van der Waals surface area contributed by atoms with Gasteiger partial charge in [0.2, 0.25) is 10.0 Å². The minimum Gasteiger partial charge on any atom is -0.326 e. The number of hydrogen-bond acceptors (Lipinski definition) is 3. The molecule has 18 heavy (non-hydrogen) atoms. The van der Waals surface area contributed by atoms with Gasteiger partial charge >= 0.3 is 0 Å². The van der Waals surface area contributed by atoms with Gasteiger partial charge in [-0.15, -0.1) is 0 Å². The summed E-state index contributed by atoms with van der Waals surface area (Å²) in [6.07, 6.45) is -2.68. The second-order valence-corrected chi connectivity index (χ2v) is 6.03. The molecule has 0 saturated carbocycles. The predicted octanol–water partition coefficient (Wildman–Crippen LogP) is 1.17. The summed E-state index contributed by atoms with van der Waals surface area (Å²) in [5.41, 5.74) is 6.79. The molecule has 7 heteroatoms. The van der Waals surface area contributed by atoms with E-state index < -0.39 is 23.0 Å². The molecule has 0 heterocycles. The zero-order chi connectivity index (χ0) is 13.8. The molecule has 0 radical (unpaired) electrons. The Morgan fingerprint density at radius 1 is 1.33 bits per heavy atom. The van der Waals surface area contributed by atoms with Crippen molar-refractivity contribution in [1.29, 1.82) is 0 Å². The number of halogens is 2. The Kier molecular flexibility index (Phi) is 5.18. The second-order valence-electron chi connectivity index (χ2n) is 3.95. The van der Waals surface area contributed by atoms with E-state index >= 15 is 0 Å². The van der Waals surface area contributed by atoms with Crippen LogP contribution in [-0.2, 0) is 22.3 Å². The number of rotatable bonds is 6. The predicted molar refractivity (Wildman–Crippen MR) is 65.6 cm³/mol. The Labute approximate surface area is 105 Å². The minimum absolute atomic E-state index is 0.302. The normalized spacial score (nSPS) is 12.3.